The van der Waals surface area contributed by atoms with Crippen LogP contribution in [0.1, 0.15) is 57.9 Å². The van der Waals surface area contributed by atoms with Crippen LogP contribution in [-0.4, -0.2) is 12.6 Å². The lowest BCUT2D eigenvalue weighted by molar-refractivity contribution is 0.117. The molecule has 1 saturated carbocycles. The molecule has 0 aromatic heterocycles. The minimum Gasteiger partial charge on any atom is -0.487 e. The van der Waals surface area contributed by atoms with E-state index >= 15 is 0 Å². The van der Waals surface area contributed by atoms with Crippen molar-refractivity contribution < 1.29 is 9.13 Å². The highest BCUT2D eigenvalue weighted by atomic mass is 19.1. The first kappa shape index (κ1) is 16.3. The summed E-state index contributed by atoms with van der Waals surface area (Å²) in [5, 5.41) is 3.29. The summed E-state index contributed by atoms with van der Waals surface area (Å²) in [4.78, 5) is 0. The summed E-state index contributed by atoms with van der Waals surface area (Å²) in [6.45, 7) is 6.02. The van der Waals surface area contributed by atoms with Crippen LogP contribution in [0.2, 0.25) is 0 Å². The molecule has 2 unspecified atom stereocenters. The van der Waals surface area contributed by atoms with Crippen LogP contribution in [0.5, 0.6) is 5.75 Å². The molecule has 1 aromatic carbocycles. The molecule has 1 aliphatic rings. The fraction of sp³-hybridized carbons (Fsp3) is 0.667. The van der Waals surface area contributed by atoms with Crippen molar-refractivity contribution in [1.82, 2.24) is 5.32 Å². The Hall–Kier alpha value is -1.09. The Kier molecular flexibility index (Phi) is 6.50. The molecule has 0 aliphatic heterocycles. The second-order valence-corrected chi connectivity index (χ2v) is 6.12. The Bertz CT molecular complexity index is 435. The van der Waals surface area contributed by atoms with E-state index in [9.17, 15) is 4.39 Å². The van der Waals surface area contributed by atoms with Crippen molar-refractivity contribution in [1.29, 1.82) is 0 Å². The maximum absolute atomic E-state index is 14.1. The summed E-state index contributed by atoms with van der Waals surface area (Å²) in [5.41, 5.74) is 0.975. The van der Waals surface area contributed by atoms with Gasteiger partial charge in [-0.1, -0.05) is 32.8 Å². The van der Waals surface area contributed by atoms with Gasteiger partial charge >= 0.3 is 0 Å². The van der Waals surface area contributed by atoms with Gasteiger partial charge < -0.3 is 10.1 Å². The molecule has 0 saturated heterocycles. The topological polar surface area (TPSA) is 21.3 Å². The highest BCUT2D eigenvalue weighted by Gasteiger charge is 2.22. The lowest BCUT2D eigenvalue weighted by Crippen LogP contribution is -2.25. The van der Waals surface area contributed by atoms with Gasteiger partial charge in [0.05, 0.1) is 6.10 Å². The van der Waals surface area contributed by atoms with Crippen molar-refractivity contribution in [3.8, 4) is 5.75 Å². The van der Waals surface area contributed by atoms with E-state index in [1.54, 1.807) is 12.1 Å². The van der Waals surface area contributed by atoms with E-state index in [2.05, 4.69) is 19.2 Å². The van der Waals surface area contributed by atoms with Gasteiger partial charge in [0, 0.05) is 6.54 Å². The van der Waals surface area contributed by atoms with E-state index < -0.39 is 0 Å². The van der Waals surface area contributed by atoms with Crippen LogP contribution in [0.4, 0.5) is 4.39 Å². The third-order valence-corrected chi connectivity index (χ3v) is 4.36. The minimum absolute atomic E-state index is 0.183. The van der Waals surface area contributed by atoms with E-state index in [0.717, 1.165) is 37.3 Å². The van der Waals surface area contributed by atoms with Crippen molar-refractivity contribution in [3.63, 3.8) is 0 Å². The molecule has 2 atom stereocenters. The van der Waals surface area contributed by atoms with E-state index in [4.69, 9.17) is 4.74 Å². The Morgan fingerprint density at radius 3 is 2.86 bits per heavy atom. The fourth-order valence-electron chi connectivity index (χ4n) is 3.06. The second kappa shape index (κ2) is 8.38. The quantitative estimate of drug-likeness (QED) is 0.737. The second-order valence-electron chi connectivity index (χ2n) is 6.12. The van der Waals surface area contributed by atoms with Crippen molar-refractivity contribution in [2.75, 3.05) is 6.54 Å². The Balaban J connectivity index is 1.91. The van der Waals surface area contributed by atoms with Crippen LogP contribution in [-0.2, 0) is 6.54 Å². The summed E-state index contributed by atoms with van der Waals surface area (Å²) in [5.74, 6) is 0.921. The van der Waals surface area contributed by atoms with Gasteiger partial charge in [-0.25, -0.2) is 4.39 Å². The molecule has 21 heavy (non-hydrogen) atoms. The van der Waals surface area contributed by atoms with Gasteiger partial charge in [0.15, 0.2) is 11.6 Å². The maximum Gasteiger partial charge on any atom is 0.165 e. The van der Waals surface area contributed by atoms with Gasteiger partial charge in [-0.3, -0.25) is 0 Å². The molecule has 0 bridgehead atoms. The number of hydrogen-bond donors (Lipinski definition) is 1. The molecule has 2 nitrogen and oxygen atoms in total. The molecule has 1 aliphatic carbocycles. The maximum atomic E-state index is 14.1. The zero-order valence-electron chi connectivity index (χ0n) is 13.3. The third kappa shape index (κ3) is 4.99. The SMILES string of the molecule is CCCNCc1ccc(OC2CCCC(CC)C2)c(F)c1. The van der Waals surface area contributed by atoms with Gasteiger partial charge in [-0.05, 0) is 55.8 Å². The molecular formula is C18H28FNO. The smallest absolute Gasteiger partial charge is 0.165 e. The van der Waals surface area contributed by atoms with Gasteiger partial charge in [0.25, 0.3) is 0 Å². The Morgan fingerprint density at radius 2 is 2.14 bits per heavy atom. The number of hydrogen-bond acceptors (Lipinski definition) is 2. The fourth-order valence-corrected chi connectivity index (χ4v) is 3.06. The zero-order chi connectivity index (χ0) is 15.1. The summed E-state index contributed by atoms with van der Waals surface area (Å²) < 4.78 is 20.0. The number of ether oxygens (including phenoxy) is 1. The average molecular weight is 293 g/mol. The van der Waals surface area contributed by atoms with Crippen LogP contribution < -0.4 is 10.1 Å². The van der Waals surface area contributed by atoms with E-state index in [1.165, 1.54) is 19.3 Å². The molecule has 1 N–H and O–H groups in total. The predicted molar refractivity (Wildman–Crippen MR) is 85.1 cm³/mol. The Labute approximate surface area is 128 Å². The zero-order valence-corrected chi connectivity index (χ0v) is 13.3. The number of halogens is 1. The van der Waals surface area contributed by atoms with Gasteiger partial charge in [0.1, 0.15) is 0 Å². The number of rotatable bonds is 7. The van der Waals surface area contributed by atoms with Crippen LogP contribution >= 0.6 is 0 Å². The normalized spacial score (nSPS) is 22.2. The summed E-state index contributed by atoms with van der Waals surface area (Å²) >= 11 is 0. The highest BCUT2D eigenvalue weighted by molar-refractivity contribution is 5.29. The first-order valence-corrected chi connectivity index (χ1v) is 8.38. The van der Waals surface area contributed by atoms with E-state index in [1.807, 2.05) is 6.07 Å². The van der Waals surface area contributed by atoms with Gasteiger partial charge in [0.2, 0.25) is 0 Å². The lowest BCUT2D eigenvalue weighted by Gasteiger charge is -2.29. The molecule has 1 aromatic rings. The molecule has 1 fully saturated rings. The molecule has 0 spiro atoms. The molecule has 118 valence electrons. The van der Waals surface area contributed by atoms with Gasteiger partial charge in [-0.2, -0.15) is 0 Å². The van der Waals surface area contributed by atoms with Crippen molar-refractivity contribution in [2.24, 2.45) is 5.92 Å². The van der Waals surface area contributed by atoms with Crippen LogP contribution in [0, 0.1) is 11.7 Å². The standard InChI is InChI=1S/C18H28FNO/c1-3-10-20-13-15-8-9-18(17(19)12-15)21-16-7-5-6-14(4-2)11-16/h8-9,12,14,16,20H,3-7,10-11,13H2,1-2H3. The summed E-state index contributed by atoms with van der Waals surface area (Å²) in [6.07, 6.45) is 7.08. The summed E-state index contributed by atoms with van der Waals surface area (Å²) in [6, 6.07) is 5.34. The molecular weight excluding hydrogens is 265 g/mol. The Morgan fingerprint density at radius 1 is 1.29 bits per heavy atom. The van der Waals surface area contributed by atoms with Crippen molar-refractivity contribution in [3.05, 3.63) is 29.6 Å². The van der Waals surface area contributed by atoms with Crippen LogP contribution in [0.3, 0.4) is 0 Å². The lowest BCUT2D eigenvalue weighted by atomic mass is 9.85. The van der Waals surface area contributed by atoms with Crippen molar-refractivity contribution in [2.45, 2.75) is 65.0 Å². The minimum atomic E-state index is -0.232. The van der Waals surface area contributed by atoms with Gasteiger partial charge in [-0.15, -0.1) is 0 Å². The monoisotopic (exact) mass is 293 g/mol. The first-order chi connectivity index (χ1) is 10.2. The highest BCUT2D eigenvalue weighted by Crippen LogP contribution is 2.30. The number of benzene rings is 1. The predicted octanol–water partition coefficient (Wildman–Crippen LogP) is 4.67. The molecule has 2 rings (SSSR count). The van der Waals surface area contributed by atoms with E-state index in [-0.39, 0.29) is 11.9 Å². The molecule has 0 radical (unpaired) electrons. The van der Waals surface area contributed by atoms with E-state index in [0.29, 0.717) is 12.3 Å². The molecule has 0 heterocycles. The summed E-state index contributed by atoms with van der Waals surface area (Å²) in [7, 11) is 0. The number of nitrogens with one attached hydrogen (secondary N) is 1. The average Bonchev–Trinajstić information content (AvgIpc) is 2.50. The van der Waals surface area contributed by atoms with Crippen molar-refractivity contribution >= 4 is 0 Å². The molecule has 3 heteroatoms. The molecule has 0 amide bonds. The third-order valence-electron chi connectivity index (χ3n) is 4.36. The van der Waals surface area contributed by atoms with Crippen LogP contribution in [0.25, 0.3) is 0 Å². The van der Waals surface area contributed by atoms with Crippen LogP contribution in [0.15, 0.2) is 18.2 Å². The first-order valence-electron chi connectivity index (χ1n) is 8.38. The largest absolute Gasteiger partial charge is 0.487 e.